The lowest BCUT2D eigenvalue weighted by molar-refractivity contribution is 0.634. The summed E-state index contributed by atoms with van der Waals surface area (Å²) in [6.07, 6.45) is 0. The predicted octanol–water partition coefficient (Wildman–Crippen LogP) is 20.9. The van der Waals surface area contributed by atoms with E-state index >= 15 is 0 Å². The second kappa shape index (κ2) is 25.2. The topological polar surface area (TPSA) is 39.2 Å². The largest absolute Gasteiger partial charge is 0.456 e. The van der Waals surface area contributed by atoms with E-state index in [0.29, 0.717) is 0 Å². The molecule has 0 radical (unpaired) electrons. The second-order valence-corrected chi connectivity index (χ2v) is 33.5. The minimum absolute atomic E-state index is 0.896. The van der Waals surface area contributed by atoms with Crippen LogP contribution >= 0.6 is 0 Å². The van der Waals surface area contributed by atoms with Crippen LogP contribution in [0.5, 0.6) is 0 Å². The zero-order valence-corrected chi connectivity index (χ0v) is 56.4. The molecule has 0 aliphatic carbocycles. The number of fused-ring (bicyclic) bond motifs is 10. The van der Waals surface area contributed by atoms with E-state index < -0.39 is 16.1 Å². The molecule has 468 valence electrons. The Morgan fingerprint density at radius 3 is 0.786 bits per heavy atom. The average molecular weight is 1290 g/mol. The zero-order valence-electron chi connectivity index (χ0n) is 54.4. The normalized spacial score (nSPS) is 12.8. The summed E-state index contributed by atoms with van der Waals surface area (Å²) in [7, 11) is -4.96. The molecule has 2 aliphatic heterocycles. The van der Waals surface area contributed by atoms with E-state index in [0.717, 1.165) is 102 Å². The van der Waals surface area contributed by atoms with Gasteiger partial charge in [0.15, 0.2) is 8.07 Å². The maximum atomic E-state index is 7.13. The Kier molecular flexibility index (Phi) is 15.3. The summed E-state index contributed by atoms with van der Waals surface area (Å²) in [5, 5.41) is 10.5. The number of hydrogen-bond donors (Lipinski definition) is 0. The summed E-state index contributed by atoms with van der Waals surface area (Å²) in [5.41, 5.74) is 17.6. The Bertz CT molecular complexity index is 5280. The molecular weight excluding hydrogens is 1230 g/mol. The van der Waals surface area contributed by atoms with Gasteiger partial charge in [0.05, 0.1) is 0 Å². The van der Waals surface area contributed by atoms with Crippen LogP contribution in [0.3, 0.4) is 0 Å². The van der Waals surface area contributed by atoms with Crippen LogP contribution < -0.4 is 50.7 Å². The summed E-state index contributed by atoms with van der Waals surface area (Å²) in [6, 6.07) is 135. The highest BCUT2D eigenvalue weighted by Crippen LogP contribution is 2.46. The van der Waals surface area contributed by atoms with Gasteiger partial charge < -0.3 is 28.4 Å². The van der Waals surface area contributed by atoms with Gasteiger partial charge in [0, 0.05) is 95.3 Å². The summed E-state index contributed by atoms with van der Waals surface area (Å²) >= 11 is 0. The van der Waals surface area contributed by atoms with Crippen molar-refractivity contribution in [1.29, 1.82) is 0 Å². The Balaban J connectivity index is 0.000000150. The van der Waals surface area contributed by atoms with Crippen molar-refractivity contribution in [2.75, 3.05) is 19.6 Å². The van der Waals surface area contributed by atoms with Crippen molar-refractivity contribution in [3.63, 3.8) is 0 Å². The highest BCUT2D eigenvalue weighted by Gasteiger charge is 2.52. The van der Waals surface area contributed by atoms with Crippen LogP contribution in [0.25, 0.3) is 44.6 Å². The summed E-state index contributed by atoms with van der Waals surface area (Å²) in [4.78, 5) is 9.33. The highest BCUT2D eigenvalue weighted by atomic mass is 28.3. The quantitative estimate of drug-likeness (QED) is 0.101. The third kappa shape index (κ3) is 10.3. The van der Waals surface area contributed by atoms with Gasteiger partial charge in [-0.05, 0) is 184 Å². The molecule has 2 aliphatic rings. The molecule has 0 amide bonds. The van der Waals surface area contributed by atoms with Crippen LogP contribution in [0.1, 0.15) is 0 Å². The Labute approximate surface area is 574 Å². The van der Waals surface area contributed by atoms with Gasteiger partial charge in [-0.15, -0.1) is 0 Å². The number of para-hydroxylation sites is 8. The van der Waals surface area contributed by atoms with E-state index in [-0.39, 0.29) is 0 Å². The van der Waals surface area contributed by atoms with Gasteiger partial charge in [-0.2, -0.15) is 0 Å². The molecule has 0 bridgehead atoms. The minimum Gasteiger partial charge on any atom is -0.456 e. The van der Waals surface area contributed by atoms with Gasteiger partial charge in [-0.25, -0.2) is 0 Å². The first-order valence-electron chi connectivity index (χ1n) is 33.6. The van der Waals surface area contributed by atoms with E-state index in [2.05, 4.69) is 409 Å². The molecule has 98 heavy (non-hydrogen) atoms. The van der Waals surface area contributed by atoms with Crippen molar-refractivity contribution in [1.82, 2.24) is 0 Å². The lowest BCUT2D eigenvalue weighted by Gasteiger charge is -2.32. The predicted molar refractivity (Wildman–Crippen MR) is 416 cm³/mol. The summed E-state index contributed by atoms with van der Waals surface area (Å²) in [6.45, 7) is 4.91. The molecule has 0 spiro atoms. The monoisotopic (exact) mass is 1290 g/mol. The number of rotatable bonds is 14. The fourth-order valence-corrected chi connectivity index (χ4v) is 23.7. The van der Waals surface area contributed by atoms with Crippen molar-refractivity contribution in [3.05, 3.63) is 376 Å². The third-order valence-electron chi connectivity index (χ3n) is 19.5. The van der Waals surface area contributed by atoms with Crippen molar-refractivity contribution in [2.24, 2.45) is 0 Å². The lowest BCUT2D eigenvalue weighted by atomic mass is 10.1. The van der Waals surface area contributed by atoms with E-state index in [1.807, 2.05) is 0 Å². The van der Waals surface area contributed by atoms with E-state index in [1.54, 1.807) is 0 Å². The molecule has 16 aromatic rings. The van der Waals surface area contributed by atoms with Crippen LogP contribution in [-0.4, -0.2) is 16.1 Å². The molecule has 14 aromatic carbocycles. The molecule has 0 fully saturated rings. The zero-order chi connectivity index (χ0) is 65.6. The average Bonchev–Trinajstić information content (AvgIpc) is 1.52. The molecule has 0 N–H and O–H groups in total. The second-order valence-electron chi connectivity index (χ2n) is 25.6. The van der Waals surface area contributed by atoms with Gasteiger partial charge in [-0.3, -0.25) is 0 Å². The Morgan fingerprint density at radius 2 is 0.469 bits per heavy atom. The molecule has 6 nitrogen and oxygen atoms in total. The fourth-order valence-electron chi connectivity index (χ4n) is 15.2. The molecule has 0 unspecified atom stereocenters. The van der Waals surface area contributed by atoms with Crippen molar-refractivity contribution in [3.8, 4) is 22.6 Å². The van der Waals surface area contributed by atoms with Gasteiger partial charge in [-0.1, -0.05) is 231 Å². The first-order chi connectivity index (χ1) is 48.4. The molecule has 0 saturated carbocycles. The van der Waals surface area contributed by atoms with Crippen LogP contribution in [-0.2, 0) is 0 Å². The minimum atomic E-state index is -2.90. The lowest BCUT2D eigenvalue weighted by Crippen LogP contribution is -2.72. The van der Waals surface area contributed by atoms with Gasteiger partial charge in [0.25, 0.3) is 0 Å². The van der Waals surface area contributed by atoms with Crippen LogP contribution in [0.2, 0.25) is 13.1 Å². The van der Waals surface area contributed by atoms with Gasteiger partial charge in [0.2, 0.25) is 0 Å². The number of nitrogens with zero attached hydrogens (tertiary/aromatic N) is 4. The number of anilines is 12. The molecule has 2 aromatic heterocycles. The molecule has 0 atom stereocenters. The van der Waals surface area contributed by atoms with E-state index in [1.165, 1.54) is 42.1 Å². The maximum Gasteiger partial charge on any atom is 0.185 e. The number of hydrogen-bond acceptors (Lipinski definition) is 6. The van der Waals surface area contributed by atoms with Crippen LogP contribution in [0, 0.1) is 0 Å². The first-order valence-corrected chi connectivity index (χ1v) is 38.6. The van der Waals surface area contributed by atoms with E-state index in [9.17, 15) is 0 Å². The van der Waals surface area contributed by atoms with Crippen molar-refractivity contribution in [2.45, 2.75) is 13.1 Å². The maximum absolute atomic E-state index is 7.13. The van der Waals surface area contributed by atoms with Gasteiger partial charge >= 0.3 is 0 Å². The number of benzene rings is 14. The smallest absolute Gasteiger partial charge is 0.185 e. The summed E-state index contributed by atoms with van der Waals surface area (Å²) in [5.74, 6) is 1.99. The molecule has 4 heterocycles. The Hall–Kier alpha value is -12.2. The molecule has 8 heteroatoms. The summed E-state index contributed by atoms with van der Waals surface area (Å²) < 4.78 is 13.9. The van der Waals surface area contributed by atoms with E-state index in [4.69, 9.17) is 8.83 Å². The Morgan fingerprint density at radius 1 is 0.224 bits per heavy atom. The van der Waals surface area contributed by atoms with Crippen molar-refractivity contribution >= 4 is 137 Å². The molecular formula is C90H68N4O2Si2. The third-order valence-corrected chi connectivity index (χ3v) is 27.9. The first kappa shape index (κ1) is 59.5. The number of furan rings is 2. The highest BCUT2D eigenvalue weighted by molar-refractivity contribution is 7.23. The van der Waals surface area contributed by atoms with Crippen LogP contribution in [0.4, 0.5) is 68.2 Å². The fraction of sp³-hybridized carbons (Fsp3) is 0.0222. The van der Waals surface area contributed by atoms with Gasteiger partial charge in [0.1, 0.15) is 30.8 Å². The molecule has 0 saturated heterocycles. The van der Waals surface area contributed by atoms with Crippen LogP contribution in [0.15, 0.2) is 385 Å². The standard InChI is InChI=1S/C50H36N2OSi.C40H32N2OSi/c1-7-19-37(20-8-1)51(38-21-9-2-10-22-38)41-31-33-47-45(35-41)50-49(53-47)46-36-42(52(39-23-11-3-12-24-39)40-25-13-4-14-26-40)32-34-48(46)54(50,43-27-15-5-16-28-43)44-29-17-6-18-30-44;1-44(2)38-26-24-34(42(31-19-11-5-12-20-31)32-21-13-6-14-22-32)28-36(38)39-40(44)35-27-33(23-25-37(35)43-39)41(29-15-7-3-8-16-29)30-17-9-4-10-18-30/h1-36H;3-28H,1-2H3. The van der Waals surface area contributed by atoms with Crippen molar-refractivity contribution < 1.29 is 8.83 Å². The molecule has 18 rings (SSSR count). The SMILES string of the molecule is C[Si]1(C)c2ccc(N(c3ccccc3)c3ccccc3)cc2-c2oc3ccc(N(c4ccccc4)c4ccccc4)cc3c21.c1ccc(N(c2ccccc2)c2ccc3c(c2)-c2oc4ccc(N(c5ccccc5)c5ccccc5)cc4c2[Si]3(c2ccccc2)c2ccccc2)cc1.